The highest BCUT2D eigenvalue weighted by molar-refractivity contribution is 8.18. The zero-order valence-corrected chi connectivity index (χ0v) is 18.5. The molecule has 3 amide bonds. The number of nitrogens with zero attached hydrogens (tertiary/aromatic N) is 1. The number of hydrogen-bond donors (Lipinski definition) is 2. The summed E-state index contributed by atoms with van der Waals surface area (Å²) in [7, 11) is 1.56. The lowest BCUT2D eigenvalue weighted by Gasteiger charge is -2.13. The van der Waals surface area contributed by atoms with E-state index < -0.39 is 23.0 Å². The van der Waals surface area contributed by atoms with E-state index in [2.05, 4.69) is 5.32 Å². The summed E-state index contributed by atoms with van der Waals surface area (Å²) in [4.78, 5) is 49.7. The Bertz CT molecular complexity index is 1100. The summed E-state index contributed by atoms with van der Waals surface area (Å²) >= 11 is 6.72. The molecule has 2 aromatic carbocycles. The number of aromatic carboxylic acids is 1. The molecule has 0 saturated carbocycles. The Kier molecular flexibility index (Phi) is 7.55. The molecular weight excluding hydrogens is 456 g/mol. The van der Waals surface area contributed by atoms with Crippen LogP contribution in [0.25, 0.3) is 6.08 Å². The molecule has 2 aromatic rings. The van der Waals surface area contributed by atoms with Gasteiger partial charge >= 0.3 is 5.97 Å². The van der Waals surface area contributed by atoms with Gasteiger partial charge in [0.2, 0.25) is 5.91 Å². The van der Waals surface area contributed by atoms with Crippen LogP contribution in [0.5, 0.6) is 5.75 Å². The molecule has 3 rings (SSSR count). The molecule has 0 aliphatic carbocycles. The van der Waals surface area contributed by atoms with E-state index in [1.807, 2.05) is 0 Å². The normalized spacial score (nSPS) is 14.7. The number of methoxy groups -OCH3 is 1. The van der Waals surface area contributed by atoms with Crippen LogP contribution in [0.15, 0.2) is 47.4 Å². The monoisotopic (exact) mass is 474 g/mol. The molecule has 1 aliphatic rings. The van der Waals surface area contributed by atoms with Gasteiger partial charge in [-0.05, 0) is 60.2 Å². The standard InChI is InChI=1S/C22H19ClN2O6S/c1-31-15-7-4-13(5-8-15)11-18-20(27)25(22(30)32-18)10-2-3-19(26)24-17-12-14(23)6-9-16(17)21(28)29/h4-9,11-12H,2-3,10H2,1H3,(H,24,26)(H,28,29)/b18-11-. The SMILES string of the molecule is COc1ccc(/C=C2\SC(=O)N(CCCC(=O)Nc3cc(Cl)ccc3C(=O)O)C2=O)cc1. The number of hydrogen-bond acceptors (Lipinski definition) is 6. The van der Waals surface area contributed by atoms with Crippen LogP contribution < -0.4 is 10.1 Å². The molecule has 0 spiro atoms. The van der Waals surface area contributed by atoms with Crippen molar-refractivity contribution in [3.8, 4) is 5.75 Å². The molecule has 0 radical (unpaired) electrons. The lowest BCUT2D eigenvalue weighted by Crippen LogP contribution is -2.29. The number of imide groups is 1. The maximum Gasteiger partial charge on any atom is 0.337 e. The maximum absolute atomic E-state index is 12.6. The van der Waals surface area contributed by atoms with E-state index in [9.17, 15) is 24.3 Å². The van der Waals surface area contributed by atoms with Gasteiger partial charge in [0.05, 0.1) is 23.3 Å². The minimum Gasteiger partial charge on any atom is -0.497 e. The van der Waals surface area contributed by atoms with Crippen molar-refractivity contribution in [2.24, 2.45) is 0 Å². The molecule has 0 bridgehead atoms. The number of benzene rings is 2. The van der Waals surface area contributed by atoms with Crippen molar-refractivity contribution in [3.05, 3.63) is 63.5 Å². The molecule has 1 saturated heterocycles. The largest absolute Gasteiger partial charge is 0.497 e. The number of carbonyl (C=O) groups is 4. The topological polar surface area (TPSA) is 113 Å². The second-order valence-corrected chi connectivity index (χ2v) is 8.18. The fourth-order valence-corrected chi connectivity index (χ4v) is 4.00. The lowest BCUT2D eigenvalue weighted by atomic mass is 10.1. The zero-order chi connectivity index (χ0) is 23.3. The Morgan fingerprint density at radius 2 is 1.91 bits per heavy atom. The van der Waals surface area contributed by atoms with Gasteiger partial charge in [-0.25, -0.2) is 4.79 Å². The highest BCUT2D eigenvalue weighted by atomic mass is 35.5. The van der Waals surface area contributed by atoms with Crippen LogP contribution in [-0.4, -0.2) is 46.7 Å². The van der Waals surface area contributed by atoms with Crippen LogP contribution in [0, 0.1) is 0 Å². The smallest absolute Gasteiger partial charge is 0.337 e. The maximum atomic E-state index is 12.6. The summed E-state index contributed by atoms with van der Waals surface area (Å²) in [6.07, 6.45) is 1.84. The van der Waals surface area contributed by atoms with Gasteiger partial charge in [0.15, 0.2) is 0 Å². The number of anilines is 1. The number of rotatable bonds is 8. The number of halogens is 1. The van der Waals surface area contributed by atoms with Gasteiger partial charge in [-0.1, -0.05) is 23.7 Å². The van der Waals surface area contributed by atoms with Gasteiger partial charge in [0.1, 0.15) is 5.75 Å². The molecule has 1 fully saturated rings. The molecule has 8 nitrogen and oxygen atoms in total. The molecule has 0 aromatic heterocycles. The average molecular weight is 475 g/mol. The number of ether oxygens (including phenoxy) is 1. The fourth-order valence-electron chi connectivity index (χ4n) is 2.96. The van der Waals surface area contributed by atoms with E-state index in [4.69, 9.17) is 16.3 Å². The number of nitrogens with one attached hydrogen (secondary N) is 1. The highest BCUT2D eigenvalue weighted by Gasteiger charge is 2.34. The Balaban J connectivity index is 1.57. The van der Waals surface area contributed by atoms with Crippen LogP contribution in [-0.2, 0) is 9.59 Å². The van der Waals surface area contributed by atoms with Crippen molar-refractivity contribution in [3.63, 3.8) is 0 Å². The van der Waals surface area contributed by atoms with Gasteiger partial charge < -0.3 is 15.2 Å². The Morgan fingerprint density at radius 3 is 2.56 bits per heavy atom. The first-order chi connectivity index (χ1) is 15.3. The van der Waals surface area contributed by atoms with Crippen molar-refractivity contribution in [1.82, 2.24) is 4.90 Å². The van der Waals surface area contributed by atoms with Crippen LogP contribution in [0.3, 0.4) is 0 Å². The Hall–Kier alpha value is -3.30. The van der Waals surface area contributed by atoms with Crippen molar-refractivity contribution in [2.45, 2.75) is 12.8 Å². The third-order valence-corrected chi connectivity index (χ3v) is 5.70. The lowest BCUT2D eigenvalue weighted by molar-refractivity contribution is -0.123. The molecule has 32 heavy (non-hydrogen) atoms. The number of amides is 3. The predicted octanol–water partition coefficient (Wildman–Crippen LogP) is 4.50. The summed E-state index contributed by atoms with van der Waals surface area (Å²) in [5, 5.41) is 11.6. The fraction of sp³-hybridized carbons (Fsp3) is 0.182. The minimum atomic E-state index is -1.20. The van der Waals surface area contributed by atoms with Crippen LogP contribution >= 0.6 is 23.4 Å². The first-order valence-corrected chi connectivity index (χ1v) is 10.7. The molecule has 0 unspecified atom stereocenters. The molecule has 2 N–H and O–H groups in total. The van der Waals surface area contributed by atoms with E-state index in [0.717, 1.165) is 22.2 Å². The number of thioether (sulfide) groups is 1. The first-order valence-electron chi connectivity index (χ1n) is 9.50. The van der Waals surface area contributed by atoms with E-state index in [0.29, 0.717) is 10.7 Å². The van der Waals surface area contributed by atoms with E-state index in [1.165, 1.54) is 18.2 Å². The summed E-state index contributed by atoms with van der Waals surface area (Å²) in [5.41, 5.74) is 0.757. The number of carboxylic acid groups (broad SMARTS) is 1. The van der Waals surface area contributed by atoms with Gasteiger partial charge in [0, 0.05) is 18.0 Å². The van der Waals surface area contributed by atoms with E-state index >= 15 is 0 Å². The molecule has 166 valence electrons. The van der Waals surface area contributed by atoms with Crippen molar-refractivity contribution in [2.75, 3.05) is 19.0 Å². The summed E-state index contributed by atoms with van der Waals surface area (Å²) < 4.78 is 5.10. The molecule has 1 heterocycles. The number of carbonyl (C=O) groups excluding carboxylic acids is 3. The summed E-state index contributed by atoms with van der Waals surface area (Å²) in [6, 6.07) is 11.1. The first kappa shape index (κ1) is 23.4. The quantitative estimate of drug-likeness (QED) is 0.541. The molecular formula is C22H19ClN2O6S. The van der Waals surface area contributed by atoms with Crippen molar-refractivity contribution >= 4 is 58.1 Å². The van der Waals surface area contributed by atoms with Gasteiger partial charge in [-0.15, -0.1) is 0 Å². The van der Waals surface area contributed by atoms with E-state index in [-0.39, 0.29) is 35.7 Å². The van der Waals surface area contributed by atoms with Gasteiger partial charge in [-0.2, -0.15) is 0 Å². The van der Waals surface area contributed by atoms with Gasteiger partial charge in [0.25, 0.3) is 11.1 Å². The third-order valence-electron chi connectivity index (χ3n) is 4.56. The average Bonchev–Trinajstić information content (AvgIpc) is 3.01. The molecule has 1 aliphatic heterocycles. The van der Waals surface area contributed by atoms with Crippen LogP contribution in [0.1, 0.15) is 28.8 Å². The predicted molar refractivity (Wildman–Crippen MR) is 122 cm³/mol. The van der Waals surface area contributed by atoms with Crippen LogP contribution in [0.2, 0.25) is 5.02 Å². The second-order valence-electron chi connectivity index (χ2n) is 6.75. The van der Waals surface area contributed by atoms with Gasteiger partial charge in [-0.3, -0.25) is 19.3 Å². The van der Waals surface area contributed by atoms with Crippen molar-refractivity contribution in [1.29, 1.82) is 0 Å². The second kappa shape index (κ2) is 10.3. The summed E-state index contributed by atoms with van der Waals surface area (Å²) in [5.74, 6) is -1.38. The van der Waals surface area contributed by atoms with Crippen LogP contribution in [0.4, 0.5) is 10.5 Å². The molecule has 0 atom stereocenters. The minimum absolute atomic E-state index is 0.00910. The Labute approximate surface area is 193 Å². The zero-order valence-electron chi connectivity index (χ0n) is 17.0. The van der Waals surface area contributed by atoms with E-state index in [1.54, 1.807) is 37.5 Å². The Morgan fingerprint density at radius 1 is 1.19 bits per heavy atom. The summed E-state index contributed by atoms with van der Waals surface area (Å²) in [6.45, 7) is 0.0688. The molecule has 10 heteroatoms. The third kappa shape index (κ3) is 5.68. The number of carboxylic acids is 1. The highest BCUT2D eigenvalue weighted by Crippen LogP contribution is 2.32. The van der Waals surface area contributed by atoms with Crippen molar-refractivity contribution < 1.29 is 29.0 Å².